The van der Waals surface area contributed by atoms with Gasteiger partial charge in [-0.3, -0.25) is 4.79 Å². The summed E-state index contributed by atoms with van der Waals surface area (Å²) in [6.45, 7) is 0. The molecule has 1 amide bonds. The Kier molecular flexibility index (Phi) is 4.42. The highest BCUT2D eigenvalue weighted by molar-refractivity contribution is 5.96. The highest BCUT2D eigenvalue weighted by Crippen LogP contribution is 2.35. The van der Waals surface area contributed by atoms with Gasteiger partial charge in [-0.1, -0.05) is 12.1 Å². The topological polar surface area (TPSA) is 47.6 Å². The van der Waals surface area contributed by atoms with Crippen LogP contribution in [0.15, 0.2) is 36.4 Å². The summed E-state index contributed by atoms with van der Waals surface area (Å²) in [5, 5.41) is 2.54. The third-order valence-electron chi connectivity index (χ3n) is 3.16. The number of halogens is 1. The molecule has 0 radical (unpaired) electrons. The van der Waals surface area contributed by atoms with Crippen LogP contribution in [0, 0.1) is 5.82 Å². The molecular weight excluding hydrogens is 273 g/mol. The highest BCUT2D eigenvalue weighted by atomic mass is 19.1. The van der Waals surface area contributed by atoms with Crippen molar-refractivity contribution in [3.8, 4) is 22.6 Å². The molecule has 0 spiro atoms. The molecule has 2 aromatic rings. The minimum atomic E-state index is -0.493. The van der Waals surface area contributed by atoms with Gasteiger partial charge < -0.3 is 14.8 Å². The molecule has 0 aliphatic rings. The molecule has 0 aromatic heterocycles. The molecule has 1 N–H and O–H groups in total. The van der Waals surface area contributed by atoms with Gasteiger partial charge in [-0.15, -0.1) is 0 Å². The number of methoxy groups -OCH3 is 2. The number of rotatable bonds is 4. The summed E-state index contributed by atoms with van der Waals surface area (Å²) in [7, 11) is 4.44. The van der Waals surface area contributed by atoms with Crippen LogP contribution in [-0.4, -0.2) is 27.2 Å². The monoisotopic (exact) mass is 289 g/mol. The molecule has 0 unspecified atom stereocenters. The van der Waals surface area contributed by atoms with E-state index in [4.69, 9.17) is 9.47 Å². The average Bonchev–Trinajstić information content (AvgIpc) is 2.53. The second kappa shape index (κ2) is 6.26. The van der Waals surface area contributed by atoms with Crippen LogP contribution in [0.5, 0.6) is 11.5 Å². The van der Waals surface area contributed by atoms with Crippen LogP contribution in [0.4, 0.5) is 4.39 Å². The van der Waals surface area contributed by atoms with Gasteiger partial charge in [-0.25, -0.2) is 4.39 Å². The predicted octanol–water partition coefficient (Wildman–Crippen LogP) is 2.87. The third-order valence-corrected chi connectivity index (χ3v) is 3.16. The second-order valence-electron chi connectivity index (χ2n) is 4.32. The molecule has 0 aliphatic heterocycles. The summed E-state index contributed by atoms with van der Waals surface area (Å²) in [5.41, 5.74) is 1.24. The largest absolute Gasteiger partial charge is 0.496 e. The highest BCUT2D eigenvalue weighted by Gasteiger charge is 2.16. The zero-order valence-electron chi connectivity index (χ0n) is 12.1. The van der Waals surface area contributed by atoms with E-state index < -0.39 is 5.82 Å². The van der Waals surface area contributed by atoms with E-state index in [1.807, 2.05) is 0 Å². The number of carbonyl (C=O) groups is 1. The smallest absolute Gasteiger partial charge is 0.251 e. The maximum Gasteiger partial charge on any atom is 0.251 e. The number of hydrogen-bond donors (Lipinski definition) is 1. The molecule has 0 bridgehead atoms. The Morgan fingerprint density at radius 1 is 1.05 bits per heavy atom. The molecule has 4 nitrogen and oxygen atoms in total. The van der Waals surface area contributed by atoms with E-state index >= 15 is 0 Å². The second-order valence-corrected chi connectivity index (χ2v) is 4.32. The van der Waals surface area contributed by atoms with Crippen molar-refractivity contribution in [2.75, 3.05) is 21.3 Å². The van der Waals surface area contributed by atoms with Crippen molar-refractivity contribution in [2.45, 2.75) is 0 Å². The molecule has 0 atom stereocenters. The van der Waals surface area contributed by atoms with Gasteiger partial charge in [0.25, 0.3) is 5.91 Å². The first-order valence-electron chi connectivity index (χ1n) is 6.35. The number of carbonyl (C=O) groups excluding carboxylic acids is 1. The number of ether oxygens (including phenoxy) is 2. The van der Waals surface area contributed by atoms with Gasteiger partial charge in [0.05, 0.1) is 14.2 Å². The van der Waals surface area contributed by atoms with Crippen LogP contribution >= 0.6 is 0 Å². The molecule has 0 aliphatic carbocycles. The van der Waals surface area contributed by atoms with Gasteiger partial charge in [0.15, 0.2) is 11.6 Å². The molecule has 0 fully saturated rings. The summed E-state index contributed by atoms with van der Waals surface area (Å²) in [6.07, 6.45) is 0. The lowest BCUT2D eigenvalue weighted by Crippen LogP contribution is -2.17. The van der Waals surface area contributed by atoms with Crippen molar-refractivity contribution >= 4 is 5.91 Å². The molecule has 2 rings (SSSR count). The number of nitrogens with one attached hydrogen (secondary N) is 1. The van der Waals surface area contributed by atoms with Gasteiger partial charge >= 0.3 is 0 Å². The van der Waals surface area contributed by atoms with Crippen molar-refractivity contribution in [2.24, 2.45) is 0 Å². The fourth-order valence-electron chi connectivity index (χ4n) is 2.08. The number of amides is 1. The Bertz CT molecular complexity index is 671. The van der Waals surface area contributed by atoms with Crippen molar-refractivity contribution in [1.82, 2.24) is 5.32 Å². The average molecular weight is 289 g/mol. The van der Waals surface area contributed by atoms with Gasteiger partial charge in [-0.2, -0.15) is 0 Å². The molecule has 0 saturated heterocycles. The zero-order valence-corrected chi connectivity index (χ0v) is 12.1. The third kappa shape index (κ3) is 2.81. The van der Waals surface area contributed by atoms with E-state index in [0.717, 1.165) is 0 Å². The maximum atomic E-state index is 14.4. The first kappa shape index (κ1) is 14.8. The lowest BCUT2D eigenvalue weighted by atomic mass is 10.0. The first-order chi connectivity index (χ1) is 10.1. The summed E-state index contributed by atoms with van der Waals surface area (Å²) < 4.78 is 24.7. The Labute approximate surface area is 122 Å². The van der Waals surface area contributed by atoms with Crippen LogP contribution in [-0.2, 0) is 0 Å². The number of hydrogen-bond acceptors (Lipinski definition) is 3. The molecule has 0 heterocycles. The predicted molar refractivity (Wildman–Crippen MR) is 78.3 cm³/mol. The van der Waals surface area contributed by atoms with E-state index in [-0.39, 0.29) is 11.7 Å². The van der Waals surface area contributed by atoms with Crippen LogP contribution in [0.3, 0.4) is 0 Å². The lowest BCUT2D eigenvalue weighted by molar-refractivity contribution is 0.0963. The SMILES string of the molecule is CNC(=O)c1ccc(OC)c(-c2cccc(OC)c2F)c1. The quantitative estimate of drug-likeness (QED) is 0.941. The van der Waals surface area contributed by atoms with Gasteiger partial charge in [0.2, 0.25) is 0 Å². The Hall–Kier alpha value is -2.56. The first-order valence-corrected chi connectivity index (χ1v) is 6.35. The fourth-order valence-corrected chi connectivity index (χ4v) is 2.08. The maximum absolute atomic E-state index is 14.4. The summed E-state index contributed by atoms with van der Waals surface area (Å²) in [4.78, 5) is 11.7. The van der Waals surface area contributed by atoms with Crippen LogP contribution in [0.1, 0.15) is 10.4 Å². The van der Waals surface area contributed by atoms with E-state index in [9.17, 15) is 9.18 Å². The molecule has 2 aromatic carbocycles. The summed E-state index contributed by atoms with van der Waals surface area (Å²) in [5.74, 6) is -0.121. The molecule has 110 valence electrons. The fraction of sp³-hybridized carbons (Fsp3) is 0.188. The lowest BCUT2D eigenvalue weighted by Gasteiger charge is -2.13. The van der Waals surface area contributed by atoms with Crippen molar-refractivity contribution in [3.05, 3.63) is 47.8 Å². The van der Waals surface area contributed by atoms with Gasteiger partial charge in [0.1, 0.15) is 5.75 Å². The zero-order chi connectivity index (χ0) is 15.4. The molecular formula is C16H16FNO3. The van der Waals surface area contributed by atoms with Crippen LogP contribution in [0.2, 0.25) is 0 Å². The van der Waals surface area contributed by atoms with E-state index in [0.29, 0.717) is 22.4 Å². The summed E-state index contributed by atoms with van der Waals surface area (Å²) in [6, 6.07) is 9.69. The van der Waals surface area contributed by atoms with E-state index in [2.05, 4.69) is 5.32 Å². The molecule has 21 heavy (non-hydrogen) atoms. The van der Waals surface area contributed by atoms with E-state index in [1.54, 1.807) is 37.4 Å². The number of benzene rings is 2. The molecule has 0 saturated carbocycles. The Morgan fingerprint density at radius 3 is 2.38 bits per heavy atom. The Morgan fingerprint density at radius 2 is 1.76 bits per heavy atom. The van der Waals surface area contributed by atoms with Crippen molar-refractivity contribution in [1.29, 1.82) is 0 Å². The normalized spacial score (nSPS) is 10.1. The van der Waals surface area contributed by atoms with Gasteiger partial charge in [0, 0.05) is 23.7 Å². The minimum absolute atomic E-state index is 0.139. The van der Waals surface area contributed by atoms with Gasteiger partial charge in [-0.05, 0) is 24.3 Å². The molecule has 5 heteroatoms. The van der Waals surface area contributed by atoms with E-state index in [1.165, 1.54) is 20.3 Å². The minimum Gasteiger partial charge on any atom is -0.496 e. The van der Waals surface area contributed by atoms with Crippen LogP contribution < -0.4 is 14.8 Å². The van der Waals surface area contributed by atoms with Crippen molar-refractivity contribution < 1.29 is 18.7 Å². The standard InChI is InChI=1S/C16H16FNO3/c1-18-16(19)10-7-8-13(20-2)12(9-10)11-5-4-6-14(21-3)15(11)17/h4-9H,1-3H3,(H,18,19). The summed E-state index contributed by atoms with van der Waals surface area (Å²) >= 11 is 0. The van der Waals surface area contributed by atoms with Crippen molar-refractivity contribution in [3.63, 3.8) is 0 Å². The van der Waals surface area contributed by atoms with Crippen LogP contribution in [0.25, 0.3) is 11.1 Å². The Balaban J connectivity index is 2.64.